The second kappa shape index (κ2) is 12.6. The van der Waals surface area contributed by atoms with Crippen LogP contribution in [0.3, 0.4) is 0 Å². The number of hydrogen-bond acceptors (Lipinski definition) is 11. The predicted molar refractivity (Wildman–Crippen MR) is 163 cm³/mol. The second-order valence-electron chi connectivity index (χ2n) is 9.24. The van der Waals surface area contributed by atoms with Crippen LogP contribution in [0.4, 0.5) is 10.8 Å². The van der Waals surface area contributed by atoms with Gasteiger partial charge in [-0.3, -0.25) is 14.5 Å². The third-order valence-electron chi connectivity index (χ3n) is 6.78. The van der Waals surface area contributed by atoms with Crippen molar-refractivity contribution in [2.75, 3.05) is 30.2 Å². The molecule has 1 aliphatic heterocycles. The van der Waals surface area contributed by atoms with Crippen LogP contribution in [0, 0.1) is 11.3 Å². The number of rotatable bonds is 8. The number of ketones is 1. The molecule has 1 amide bonds. The van der Waals surface area contributed by atoms with Crippen molar-refractivity contribution in [3.05, 3.63) is 74.7 Å². The first-order chi connectivity index (χ1) is 20.2. The number of amides is 1. The number of allylic oxidation sites excluding steroid dienone is 3. The molecule has 1 aromatic heterocycles. The molecule has 1 aliphatic carbocycles. The number of halogens is 2. The molecule has 1 atom stereocenters. The van der Waals surface area contributed by atoms with E-state index in [0.29, 0.717) is 72.8 Å². The number of nitrogens with zero attached hydrogens (tertiary/aromatic N) is 4. The third-order valence-corrected chi connectivity index (χ3v) is 9.39. The lowest BCUT2D eigenvalue weighted by Gasteiger charge is -2.38. The molecule has 0 radical (unpaired) electrons. The van der Waals surface area contributed by atoms with Crippen LogP contribution in [-0.4, -0.2) is 41.9 Å². The lowest BCUT2D eigenvalue weighted by Crippen LogP contribution is -2.38. The van der Waals surface area contributed by atoms with Gasteiger partial charge in [-0.2, -0.15) is 5.26 Å². The van der Waals surface area contributed by atoms with Crippen LogP contribution in [0.25, 0.3) is 0 Å². The Kier molecular flexibility index (Phi) is 8.93. The lowest BCUT2D eigenvalue weighted by atomic mass is 9.76. The van der Waals surface area contributed by atoms with Crippen LogP contribution >= 0.6 is 46.3 Å². The van der Waals surface area contributed by atoms with Gasteiger partial charge in [-0.1, -0.05) is 52.4 Å². The molecule has 5 rings (SSSR count). The highest BCUT2D eigenvalue weighted by atomic mass is 35.5. The van der Waals surface area contributed by atoms with Crippen molar-refractivity contribution in [3.8, 4) is 17.6 Å². The fourth-order valence-electron chi connectivity index (χ4n) is 4.92. The topological polar surface area (TPSA) is 143 Å². The molecule has 3 N–H and O–H groups in total. The Labute approximate surface area is 260 Å². The van der Waals surface area contributed by atoms with Gasteiger partial charge in [0.1, 0.15) is 17.3 Å². The highest BCUT2D eigenvalue weighted by Gasteiger charge is 2.42. The average molecular weight is 644 g/mol. The van der Waals surface area contributed by atoms with Crippen molar-refractivity contribution >= 4 is 68.8 Å². The van der Waals surface area contributed by atoms with Crippen LogP contribution in [0.5, 0.6) is 11.5 Å². The Balaban J connectivity index is 1.40. The first kappa shape index (κ1) is 29.7. The van der Waals surface area contributed by atoms with Gasteiger partial charge in [0.15, 0.2) is 10.1 Å². The SMILES string of the molecule is COc1ccc(NC(=O)CSc2nnc(N3C(N)=C(C#N)C(c4ccc(Cl)cc4Cl)C4=C3CCCC4=O)s2)c(OC)c1. The molecule has 0 saturated carbocycles. The quantitative estimate of drug-likeness (QED) is 0.285. The Morgan fingerprint density at radius 1 is 1.21 bits per heavy atom. The van der Waals surface area contributed by atoms with Crippen LogP contribution < -0.4 is 25.4 Å². The van der Waals surface area contributed by atoms with Crippen LogP contribution in [0.15, 0.2) is 63.4 Å². The van der Waals surface area contributed by atoms with E-state index in [-0.39, 0.29) is 28.8 Å². The maximum atomic E-state index is 13.3. The van der Waals surface area contributed by atoms with Gasteiger partial charge in [0, 0.05) is 33.8 Å². The number of thioether (sulfide) groups is 1. The molecule has 216 valence electrons. The Morgan fingerprint density at radius 2 is 2.02 bits per heavy atom. The number of nitriles is 1. The van der Waals surface area contributed by atoms with Crippen LogP contribution in [-0.2, 0) is 9.59 Å². The second-order valence-corrected chi connectivity index (χ2v) is 12.3. The highest BCUT2D eigenvalue weighted by Crippen LogP contribution is 2.48. The molecule has 2 aliphatic rings. The minimum absolute atomic E-state index is 0.0577. The minimum atomic E-state index is -0.723. The van der Waals surface area contributed by atoms with Crippen molar-refractivity contribution in [1.82, 2.24) is 10.2 Å². The summed E-state index contributed by atoms with van der Waals surface area (Å²) in [7, 11) is 3.05. The molecule has 3 aromatic rings. The zero-order valence-electron chi connectivity index (χ0n) is 22.4. The Hall–Kier alpha value is -3.76. The molecule has 0 fully saturated rings. The monoisotopic (exact) mass is 642 g/mol. The number of aromatic nitrogens is 2. The summed E-state index contributed by atoms with van der Waals surface area (Å²) in [5.41, 5.74) is 9.01. The van der Waals surface area contributed by atoms with E-state index in [0.717, 1.165) is 0 Å². The lowest BCUT2D eigenvalue weighted by molar-refractivity contribution is -0.116. The molecule has 1 unspecified atom stereocenters. The van der Waals surface area contributed by atoms with Crippen LogP contribution in [0.2, 0.25) is 10.0 Å². The highest BCUT2D eigenvalue weighted by molar-refractivity contribution is 8.01. The van der Waals surface area contributed by atoms with E-state index in [9.17, 15) is 14.9 Å². The Bertz CT molecular complexity index is 1680. The smallest absolute Gasteiger partial charge is 0.234 e. The van der Waals surface area contributed by atoms with E-state index in [4.69, 9.17) is 38.4 Å². The van der Waals surface area contributed by atoms with Gasteiger partial charge in [0.25, 0.3) is 0 Å². The van der Waals surface area contributed by atoms with Crippen molar-refractivity contribution in [1.29, 1.82) is 5.26 Å². The molecule has 0 bridgehead atoms. The molecule has 14 heteroatoms. The summed E-state index contributed by atoms with van der Waals surface area (Å²) in [6.07, 6.45) is 1.52. The first-order valence-corrected chi connectivity index (χ1v) is 15.2. The Morgan fingerprint density at radius 3 is 2.74 bits per heavy atom. The molecule has 2 heterocycles. The number of methoxy groups -OCH3 is 2. The molecule has 0 spiro atoms. The van der Waals surface area contributed by atoms with Crippen molar-refractivity contribution in [2.45, 2.75) is 29.5 Å². The molecule has 0 saturated heterocycles. The average Bonchev–Trinajstić information content (AvgIpc) is 3.44. The van der Waals surface area contributed by atoms with Gasteiger partial charge in [-0.25, -0.2) is 0 Å². The normalized spacial score (nSPS) is 16.7. The van der Waals surface area contributed by atoms with Crippen molar-refractivity contribution in [3.63, 3.8) is 0 Å². The van der Waals surface area contributed by atoms with Gasteiger partial charge in [-0.05, 0) is 42.7 Å². The largest absolute Gasteiger partial charge is 0.497 e. The van der Waals surface area contributed by atoms with Crippen LogP contribution in [0.1, 0.15) is 30.7 Å². The van der Waals surface area contributed by atoms with Gasteiger partial charge >= 0.3 is 0 Å². The van der Waals surface area contributed by atoms with E-state index < -0.39 is 5.92 Å². The minimum Gasteiger partial charge on any atom is -0.497 e. The summed E-state index contributed by atoms with van der Waals surface area (Å²) in [5, 5.41) is 22.7. The summed E-state index contributed by atoms with van der Waals surface area (Å²) in [4.78, 5) is 27.7. The summed E-state index contributed by atoms with van der Waals surface area (Å²) >= 11 is 15.1. The van der Waals surface area contributed by atoms with E-state index in [2.05, 4.69) is 21.6 Å². The fourth-order valence-corrected chi connectivity index (χ4v) is 7.12. The maximum absolute atomic E-state index is 13.3. The third kappa shape index (κ3) is 5.78. The number of ether oxygens (including phenoxy) is 2. The standard InChI is InChI=1S/C28H24Cl2N6O4S2/c1-39-15-7-9-19(22(11-15)40-2)33-23(38)13-41-28-35-34-27(42-28)36-20-4-3-5-21(37)25(20)24(17(12-31)26(36)32)16-8-6-14(29)10-18(16)30/h6-11,24H,3-5,13,32H2,1-2H3,(H,33,38). The van der Waals surface area contributed by atoms with Crippen molar-refractivity contribution < 1.29 is 19.1 Å². The molecular formula is C28H24Cl2N6O4S2. The number of nitrogens with two attached hydrogens (primary N) is 1. The molecule has 2 aromatic carbocycles. The number of anilines is 2. The van der Waals surface area contributed by atoms with E-state index in [1.165, 1.54) is 30.2 Å². The van der Waals surface area contributed by atoms with Gasteiger partial charge in [-0.15, -0.1) is 10.2 Å². The number of Topliss-reactive ketones (excluding diaryl/α,β-unsaturated/α-hetero) is 1. The fraction of sp³-hybridized carbons (Fsp3) is 0.250. The van der Waals surface area contributed by atoms with Gasteiger partial charge < -0.3 is 20.5 Å². The molecule has 42 heavy (non-hydrogen) atoms. The van der Waals surface area contributed by atoms with E-state index >= 15 is 0 Å². The first-order valence-electron chi connectivity index (χ1n) is 12.6. The van der Waals surface area contributed by atoms with E-state index in [1.807, 2.05) is 0 Å². The molecule has 10 nitrogen and oxygen atoms in total. The number of nitrogens with one attached hydrogen (secondary N) is 1. The summed E-state index contributed by atoms with van der Waals surface area (Å²) in [6.45, 7) is 0. The van der Waals surface area contributed by atoms with E-state index in [1.54, 1.807) is 48.4 Å². The number of hydrogen-bond donors (Lipinski definition) is 2. The summed E-state index contributed by atoms with van der Waals surface area (Å²) in [5.74, 6) is 0.209. The number of benzene rings is 2. The molecular weight excluding hydrogens is 619 g/mol. The summed E-state index contributed by atoms with van der Waals surface area (Å²) < 4.78 is 11.0. The zero-order valence-corrected chi connectivity index (χ0v) is 25.6. The predicted octanol–water partition coefficient (Wildman–Crippen LogP) is 5.90. The number of carbonyl (C=O) groups excluding carboxylic acids is 2. The summed E-state index contributed by atoms with van der Waals surface area (Å²) in [6, 6.07) is 12.3. The van der Waals surface area contributed by atoms with Gasteiger partial charge in [0.05, 0.1) is 43.2 Å². The van der Waals surface area contributed by atoms with Gasteiger partial charge in [0.2, 0.25) is 11.0 Å². The number of carbonyl (C=O) groups is 2. The maximum Gasteiger partial charge on any atom is 0.234 e. The zero-order chi connectivity index (χ0) is 30.0. The van der Waals surface area contributed by atoms with Crippen molar-refractivity contribution in [2.24, 2.45) is 5.73 Å².